The van der Waals surface area contributed by atoms with Crippen molar-refractivity contribution in [3.05, 3.63) is 0 Å². The Morgan fingerprint density at radius 3 is 2.27 bits per heavy atom. The molecule has 1 atom stereocenters. The van der Waals surface area contributed by atoms with Gasteiger partial charge >= 0.3 is 0 Å². The van der Waals surface area contributed by atoms with Crippen molar-refractivity contribution in [3.63, 3.8) is 0 Å². The van der Waals surface area contributed by atoms with E-state index in [4.69, 9.17) is 9.47 Å². The third kappa shape index (κ3) is 6.88. The van der Waals surface area contributed by atoms with Gasteiger partial charge in [0, 0.05) is 19.8 Å². The van der Waals surface area contributed by atoms with Crippen LogP contribution in [0.25, 0.3) is 0 Å². The number of ether oxygens (including phenoxy) is 2. The number of hydrogen-bond donors (Lipinski definition) is 1. The van der Waals surface area contributed by atoms with E-state index < -0.39 is 0 Å². The second kappa shape index (κ2) is 7.20. The van der Waals surface area contributed by atoms with E-state index in [2.05, 4.69) is 33.0 Å². The van der Waals surface area contributed by atoms with Crippen LogP contribution in [0.15, 0.2) is 0 Å². The summed E-state index contributed by atoms with van der Waals surface area (Å²) in [5.41, 5.74) is -0.0764. The predicted octanol–water partition coefficient (Wildman–Crippen LogP) is 2.06. The molecule has 15 heavy (non-hydrogen) atoms. The Balaban J connectivity index is 3.61. The highest BCUT2D eigenvalue weighted by Crippen LogP contribution is 2.12. The summed E-state index contributed by atoms with van der Waals surface area (Å²) in [5, 5.41) is 3.26. The van der Waals surface area contributed by atoms with Gasteiger partial charge in [-0.25, -0.2) is 0 Å². The highest BCUT2D eigenvalue weighted by molar-refractivity contribution is 4.69. The van der Waals surface area contributed by atoms with Crippen LogP contribution in [0.2, 0.25) is 0 Å². The number of likely N-dealkylation sites (N-methyl/N-ethyl adjacent to an activating group) is 1. The van der Waals surface area contributed by atoms with Gasteiger partial charge in [0.1, 0.15) is 0 Å². The van der Waals surface area contributed by atoms with E-state index in [0.717, 1.165) is 19.6 Å². The second-order valence-electron chi connectivity index (χ2n) is 4.93. The normalized spacial score (nSPS) is 14.6. The quantitative estimate of drug-likeness (QED) is 0.631. The number of nitrogens with one attached hydrogen (secondary N) is 1. The molecule has 92 valence electrons. The minimum absolute atomic E-state index is 0.0764. The first kappa shape index (κ1) is 14.9. The summed E-state index contributed by atoms with van der Waals surface area (Å²) in [4.78, 5) is 0. The zero-order chi connectivity index (χ0) is 11.9. The van der Waals surface area contributed by atoms with Crippen LogP contribution in [0.1, 0.15) is 34.1 Å². The summed E-state index contributed by atoms with van der Waals surface area (Å²) in [6, 6.07) is 0.440. The van der Waals surface area contributed by atoms with Crippen molar-refractivity contribution in [2.75, 3.05) is 27.4 Å². The van der Waals surface area contributed by atoms with Crippen molar-refractivity contribution in [2.45, 2.75) is 45.8 Å². The maximum Gasteiger partial charge on any atom is 0.0644 e. The van der Waals surface area contributed by atoms with E-state index in [1.54, 1.807) is 7.11 Å². The lowest BCUT2D eigenvalue weighted by molar-refractivity contribution is -0.0135. The molecule has 0 saturated heterocycles. The Hall–Kier alpha value is -0.120. The van der Waals surface area contributed by atoms with Crippen molar-refractivity contribution in [2.24, 2.45) is 5.92 Å². The molecule has 0 amide bonds. The van der Waals surface area contributed by atoms with E-state index in [-0.39, 0.29) is 5.60 Å². The Morgan fingerprint density at radius 1 is 1.27 bits per heavy atom. The van der Waals surface area contributed by atoms with Crippen LogP contribution in [0.5, 0.6) is 0 Å². The maximum atomic E-state index is 5.64. The average molecular weight is 217 g/mol. The molecule has 1 N–H and O–H groups in total. The zero-order valence-electron chi connectivity index (χ0n) is 11.1. The largest absolute Gasteiger partial charge is 0.380 e. The third-order valence-electron chi connectivity index (χ3n) is 2.87. The van der Waals surface area contributed by atoms with Crippen molar-refractivity contribution >= 4 is 0 Å². The summed E-state index contributed by atoms with van der Waals surface area (Å²) in [6.07, 6.45) is 0.929. The fraction of sp³-hybridized carbons (Fsp3) is 1.00. The molecule has 0 aliphatic heterocycles. The first-order valence-corrected chi connectivity index (χ1v) is 5.73. The van der Waals surface area contributed by atoms with Gasteiger partial charge < -0.3 is 14.8 Å². The molecule has 0 rings (SSSR count). The zero-order valence-corrected chi connectivity index (χ0v) is 11.1. The molecule has 0 radical (unpaired) electrons. The first-order valence-electron chi connectivity index (χ1n) is 5.73. The Morgan fingerprint density at radius 2 is 1.87 bits per heavy atom. The molecule has 0 fully saturated rings. The lowest BCUT2D eigenvalue weighted by Gasteiger charge is -2.24. The van der Waals surface area contributed by atoms with E-state index in [0.29, 0.717) is 12.0 Å². The molecule has 3 nitrogen and oxygen atoms in total. The van der Waals surface area contributed by atoms with Crippen LogP contribution in [0.4, 0.5) is 0 Å². The van der Waals surface area contributed by atoms with Gasteiger partial charge in [0.2, 0.25) is 0 Å². The van der Waals surface area contributed by atoms with Gasteiger partial charge in [0.15, 0.2) is 0 Å². The summed E-state index contributed by atoms with van der Waals surface area (Å²) in [5.74, 6) is 0.602. The van der Waals surface area contributed by atoms with Gasteiger partial charge in [-0.15, -0.1) is 0 Å². The smallest absolute Gasteiger partial charge is 0.0644 e. The molecule has 0 bridgehead atoms. The van der Waals surface area contributed by atoms with E-state index in [1.165, 1.54) is 0 Å². The van der Waals surface area contributed by atoms with Gasteiger partial charge in [-0.2, -0.15) is 0 Å². The van der Waals surface area contributed by atoms with Crippen LogP contribution >= 0.6 is 0 Å². The van der Waals surface area contributed by atoms with Crippen molar-refractivity contribution in [1.82, 2.24) is 5.32 Å². The number of hydrogen-bond acceptors (Lipinski definition) is 3. The van der Waals surface area contributed by atoms with E-state index in [1.807, 2.05) is 7.05 Å². The Labute approximate surface area is 94.5 Å². The van der Waals surface area contributed by atoms with Gasteiger partial charge in [0.05, 0.1) is 12.2 Å². The second-order valence-corrected chi connectivity index (χ2v) is 4.93. The third-order valence-corrected chi connectivity index (χ3v) is 2.87. The summed E-state index contributed by atoms with van der Waals surface area (Å²) >= 11 is 0. The average Bonchev–Trinajstić information content (AvgIpc) is 2.17. The fourth-order valence-corrected chi connectivity index (χ4v) is 1.24. The first-order chi connectivity index (χ1) is 6.93. The minimum atomic E-state index is -0.0764. The lowest BCUT2D eigenvalue weighted by Crippen LogP contribution is -2.36. The monoisotopic (exact) mass is 217 g/mol. The minimum Gasteiger partial charge on any atom is -0.380 e. The molecule has 0 aromatic rings. The standard InChI is InChI=1S/C12H27NO2/c1-10(2)11(13-5)9-15-8-7-12(3,4)14-6/h10-11,13H,7-9H2,1-6H3. The van der Waals surface area contributed by atoms with Gasteiger partial charge in [-0.05, 0) is 33.2 Å². The SMILES string of the molecule is CNC(COCCC(C)(C)OC)C(C)C. The summed E-state index contributed by atoms with van der Waals surface area (Å²) in [6.45, 7) is 10.1. The number of methoxy groups -OCH3 is 1. The Bertz CT molecular complexity index is 158. The molecule has 0 aromatic carbocycles. The van der Waals surface area contributed by atoms with Crippen molar-refractivity contribution in [3.8, 4) is 0 Å². The molecule has 0 aromatic heterocycles. The maximum absolute atomic E-state index is 5.64. The van der Waals surface area contributed by atoms with Crippen LogP contribution in [-0.2, 0) is 9.47 Å². The van der Waals surface area contributed by atoms with Crippen LogP contribution < -0.4 is 5.32 Å². The van der Waals surface area contributed by atoms with Crippen LogP contribution in [0.3, 0.4) is 0 Å². The topological polar surface area (TPSA) is 30.5 Å². The molecule has 0 spiro atoms. The molecule has 0 saturated carbocycles. The Kier molecular flexibility index (Phi) is 7.14. The molecule has 3 heteroatoms. The molecule has 0 aliphatic rings. The van der Waals surface area contributed by atoms with Crippen LogP contribution in [-0.4, -0.2) is 39.0 Å². The van der Waals surface area contributed by atoms with Crippen molar-refractivity contribution < 1.29 is 9.47 Å². The molecular weight excluding hydrogens is 190 g/mol. The highest BCUT2D eigenvalue weighted by Gasteiger charge is 2.16. The van der Waals surface area contributed by atoms with Gasteiger partial charge in [0.25, 0.3) is 0 Å². The summed E-state index contributed by atoms with van der Waals surface area (Å²) < 4.78 is 11.0. The van der Waals surface area contributed by atoms with Crippen LogP contribution in [0, 0.1) is 5.92 Å². The lowest BCUT2D eigenvalue weighted by atomic mass is 10.1. The fourth-order valence-electron chi connectivity index (χ4n) is 1.24. The van der Waals surface area contributed by atoms with E-state index in [9.17, 15) is 0 Å². The molecule has 0 heterocycles. The molecule has 0 aliphatic carbocycles. The van der Waals surface area contributed by atoms with Gasteiger partial charge in [-0.1, -0.05) is 13.8 Å². The predicted molar refractivity (Wildman–Crippen MR) is 64.2 cm³/mol. The molecular formula is C12H27NO2. The van der Waals surface area contributed by atoms with E-state index >= 15 is 0 Å². The molecule has 1 unspecified atom stereocenters. The van der Waals surface area contributed by atoms with Crippen molar-refractivity contribution in [1.29, 1.82) is 0 Å². The summed E-state index contributed by atoms with van der Waals surface area (Å²) in [7, 11) is 3.72. The van der Waals surface area contributed by atoms with Gasteiger partial charge in [-0.3, -0.25) is 0 Å². The highest BCUT2D eigenvalue weighted by atomic mass is 16.5. The number of rotatable bonds is 8.